The van der Waals surface area contributed by atoms with Crippen molar-refractivity contribution in [1.29, 1.82) is 0 Å². The first-order valence-electron chi connectivity index (χ1n) is 6.05. The molecule has 2 N–H and O–H groups in total. The molecule has 2 aromatic carbocycles. The third kappa shape index (κ3) is 3.53. The Balaban J connectivity index is 2.26. The molecule has 0 saturated heterocycles. The lowest BCUT2D eigenvalue weighted by Crippen LogP contribution is -2.08. The van der Waals surface area contributed by atoms with Gasteiger partial charge < -0.3 is 10.4 Å². The number of carbonyl (C=O) groups is 1. The van der Waals surface area contributed by atoms with Crippen molar-refractivity contribution in [2.45, 2.75) is 13.1 Å². The predicted molar refractivity (Wildman–Crippen MR) is 72.9 cm³/mol. The van der Waals surface area contributed by atoms with Gasteiger partial charge in [0, 0.05) is 11.4 Å². The highest BCUT2D eigenvalue weighted by molar-refractivity contribution is 5.88. The Morgan fingerprint density at radius 3 is 2.14 bits per heavy atom. The van der Waals surface area contributed by atoms with Gasteiger partial charge in [0.2, 0.25) is 0 Å². The molecule has 0 heterocycles. The molecular weight excluding hydrogens is 283 g/mol. The smallest absolute Gasteiger partial charge is 0.416 e. The van der Waals surface area contributed by atoms with Gasteiger partial charge in [-0.1, -0.05) is 6.07 Å². The summed E-state index contributed by atoms with van der Waals surface area (Å²) in [6.45, 7) is 1.40. The van der Waals surface area contributed by atoms with E-state index in [2.05, 4.69) is 5.32 Å². The van der Waals surface area contributed by atoms with Crippen LogP contribution in [-0.4, -0.2) is 11.1 Å². The van der Waals surface area contributed by atoms with Gasteiger partial charge in [-0.05, 0) is 48.9 Å². The van der Waals surface area contributed by atoms with Gasteiger partial charge in [-0.3, -0.25) is 0 Å². The largest absolute Gasteiger partial charge is 0.478 e. The number of hydrogen-bond donors (Lipinski definition) is 2. The van der Waals surface area contributed by atoms with E-state index >= 15 is 0 Å². The average Bonchev–Trinajstić information content (AvgIpc) is 2.40. The van der Waals surface area contributed by atoms with Crippen LogP contribution in [0.15, 0.2) is 42.5 Å². The van der Waals surface area contributed by atoms with Crippen LogP contribution in [0.3, 0.4) is 0 Å². The number of benzene rings is 2. The molecule has 0 saturated carbocycles. The van der Waals surface area contributed by atoms with E-state index in [1.807, 2.05) is 0 Å². The van der Waals surface area contributed by atoms with Crippen LogP contribution >= 0.6 is 0 Å². The number of halogens is 3. The fraction of sp³-hybridized carbons (Fsp3) is 0.133. The fourth-order valence-corrected chi connectivity index (χ4v) is 1.87. The van der Waals surface area contributed by atoms with Gasteiger partial charge >= 0.3 is 12.1 Å². The molecule has 3 nitrogen and oxygen atoms in total. The van der Waals surface area contributed by atoms with Crippen LogP contribution in [-0.2, 0) is 6.18 Å². The maximum atomic E-state index is 12.8. The van der Waals surface area contributed by atoms with Crippen LogP contribution in [0.1, 0.15) is 21.5 Å². The minimum atomic E-state index is -4.41. The Morgan fingerprint density at radius 1 is 1.05 bits per heavy atom. The van der Waals surface area contributed by atoms with Crippen LogP contribution < -0.4 is 5.32 Å². The number of anilines is 2. The molecule has 2 rings (SSSR count). The Kier molecular flexibility index (Phi) is 3.88. The van der Waals surface area contributed by atoms with Crippen LogP contribution in [0.4, 0.5) is 24.5 Å². The van der Waals surface area contributed by atoms with Crippen LogP contribution in [0, 0.1) is 6.92 Å². The summed E-state index contributed by atoms with van der Waals surface area (Å²) in [7, 11) is 0. The minimum Gasteiger partial charge on any atom is -0.478 e. The number of aromatic carboxylic acids is 1. The summed E-state index contributed by atoms with van der Waals surface area (Å²) in [6.07, 6.45) is -4.41. The van der Waals surface area contributed by atoms with Crippen molar-refractivity contribution < 1.29 is 23.1 Å². The lowest BCUT2D eigenvalue weighted by molar-refractivity contribution is -0.138. The van der Waals surface area contributed by atoms with E-state index in [0.717, 1.165) is 6.07 Å². The number of alkyl halides is 3. The van der Waals surface area contributed by atoms with Gasteiger partial charge in [-0.2, -0.15) is 13.2 Å². The molecule has 0 unspecified atom stereocenters. The summed E-state index contributed by atoms with van der Waals surface area (Å²) in [6, 6.07) is 9.70. The summed E-state index contributed by atoms with van der Waals surface area (Å²) in [4.78, 5) is 10.7. The zero-order valence-corrected chi connectivity index (χ0v) is 11.0. The van der Waals surface area contributed by atoms with Gasteiger partial charge in [-0.15, -0.1) is 0 Å². The van der Waals surface area contributed by atoms with Gasteiger partial charge in [0.15, 0.2) is 0 Å². The number of rotatable bonds is 3. The lowest BCUT2D eigenvalue weighted by atomic mass is 10.1. The molecule has 2 aromatic rings. The first-order valence-corrected chi connectivity index (χ1v) is 6.05. The molecular formula is C15H12F3NO2. The molecule has 0 bridgehead atoms. The standard InChI is InChI=1S/C15H12F3NO2/c1-9-2-5-12(8-13(9)15(16,17)18)19-11-6-3-10(4-7-11)14(20)21/h2-8,19H,1H3,(H,20,21). The number of carboxylic acid groups (broad SMARTS) is 1. The molecule has 0 amide bonds. The quantitative estimate of drug-likeness (QED) is 0.879. The highest BCUT2D eigenvalue weighted by Crippen LogP contribution is 2.34. The van der Waals surface area contributed by atoms with Crippen molar-refractivity contribution in [3.05, 3.63) is 59.2 Å². The summed E-state index contributed by atoms with van der Waals surface area (Å²) in [5, 5.41) is 11.6. The van der Waals surface area contributed by atoms with Crippen molar-refractivity contribution in [1.82, 2.24) is 0 Å². The van der Waals surface area contributed by atoms with Gasteiger partial charge in [-0.25, -0.2) is 4.79 Å². The molecule has 0 radical (unpaired) electrons. The molecule has 6 heteroatoms. The molecule has 0 spiro atoms. The molecule has 0 aliphatic heterocycles. The number of nitrogens with one attached hydrogen (secondary N) is 1. The van der Waals surface area contributed by atoms with E-state index < -0.39 is 17.7 Å². The maximum absolute atomic E-state index is 12.8. The predicted octanol–water partition coefficient (Wildman–Crippen LogP) is 4.46. The minimum absolute atomic E-state index is 0.112. The Labute approximate surface area is 119 Å². The van der Waals surface area contributed by atoms with Crippen molar-refractivity contribution in [2.24, 2.45) is 0 Å². The molecule has 0 aromatic heterocycles. The second kappa shape index (κ2) is 5.47. The van der Waals surface area contributed by atoms with E-state index in [1.165, 1.54) is 43.3 Å². The van der Waals surface area contributed by atoms with E-state index in [-0.39, 0.29) is 16.8 Å². The monoisotopic (exact) mass is 295 g/mol. The SMILES string of the molecule is Cc1ccc(Nc2ccc(C(=O)O)cc2)cc1C(F)(F)F. The maximum Gasteiger partial charge on any atom is 0.416 e. The zero-order valence-electron chi connectivity index (χ0n) is 11.0. The number of carboxylic acids is 1. The summed E-state index contributed by atoms with van der Waals surface area (Å²) < 4.78 is 38.4. The van der Waals surface area contributed by atoms with Crippen molar-refractivity contribution in [3.63, 3.8) is 0 Å². The average molecular weight is 295 g/mol. The van der Waals surface area contributed by atoms with Gasteiger partial charge in [0.25, 0.3) is 0 Å². The van der Waals surface area contributed by atoms with E-state index in [1.54, 1.807) is 0 Å². The van der Waals surface area contributed by atoms with Crippen molar-refractivity contribution in [2.75, 3.05) is 5.32 Å². The van der Waals surface area contributed by atoms with E-state index in [9.17, 15) is 18.0 Å². The Bertz CT molecular complexity index is 664. The molecule has 0 aliphatic carbocycles. The molecule has 110 valence electrons. The Hall–Kier alpha value is -2.50. The first-order chi connectivity index (χ1) is 9.77. The third-order valence-corrected chi connectivity index (χ3v) is 2.96. The highest BCUT2D eigenvalue weighted by Gasteiger charge is 2.32. The topological polar surface area (TPSA) is 49.3 Å². The second-order valence-corrected chi connectivity index (χ2v) is 4.53. The normalized spacial score (nSPS) is 11.2. The lowest BCUT2D eigenvalue weighted by Gasteiger charge is -2.13. The first kappa shape index (κ1) is 14.9. The van der Waals surface area contributed by atoms with Gasteiger partial charge in [0.1, 0.15) is 0 Å². The van der Waals surface area contributed by atoms with Crippen molar-refractivity contribution in [3.8, 4) is 0 Å². The number of hydrogen-bond acceptors (Lipinski definition) is 2. The van der Waals surface area contributed by atoms with Crippen molar-refractivity contribution >= 4 is 17.3 Å². The van der Waals surface area contributed by atoms with E-state index in [4.69, 9.17) is 5.11 Å². The van der Waals surface area contributed by atoms with E-state index in [0.29, 0.717) is 5.69 Å². The summed E-state index contributed by atoms with van der Waals surface area (Å²) in [5.74, 6) is -1.06. The Morgan fingerprint density at radius 2 is 1.62 bits per heavy atom. The van der Waals surface area contributed by atoms with Crippen LogP contribution in [0.25, 0.3) is 0 Å². The fourth-order valence-electron chi connectivity index (χ4n) is 1.87. The van der Waals surface area contributed by atoms with Crippen LogP contribution in [0.5, 0.6) is 0 Å². The summed E-state index contributed by atoms with van der Waals surface area (Å²) in [5.41, 5.74) is 0.359. The summed E-state index contributed by atoms with van der Waals surface area (Å²) >= 11 is 0. The van der Waals surface area contributed by atoms with Crippen LogP contribution in [0.2, 0.25) is 0 Å². The molecule has 0 aliphatic rings. The second-order valence-electron chi connectivity index (χ2n) is 4.53. The number of aryl methyl sites for hydroxylation is 1. The third-order valence-electron chi connectivity index (χ3n) is 2.96. The molecule has 0 atom stereocenters. The highest BCUT2D eigenvalue weighted by atomic mass is 19.4. The zero-order chi connectivity index (χ0) is 15.6. The molecule has 21 heavy (non-hydrogen) atoms. The molecule has 0 fully saturated rings. The van der Waals surface area contributed by atoms with Gasteiger partial charge in [0.05, 0.1) is 11.1 Å².